The number of ether oxygens (including phenoxy) is 1. The molecule has 0 aliphatic heterocycles. The maximum absolute atomic E-state index is 4.98. The van der Waals surface area contributed by atoms with Gasteiger partial charge in [0.25, 0.3) is 0 Å². The maximum atomic E-state index is 4.98. The molecule has 0 saturated carbocycles. The van der Waals surface area contributed by atoms with Gasteiger partial charge in [-0.05, 0) is 0 Å². The van der Waals surface area contributed by atoms with Gasteiger partial charge < -0.3 is 4.74 Å². The molecule has 0 bridgehead atoms. The molecule has 1 aromatic heterocycles. The highest BCUT2D eigenvalue weighted by Crippen LogP contribution is 2.16. The Balaban J connectivity index is 2.42. The van der Waals surface area contributed by atoms with Crippen molar-refractivity contribution in [1.82, 2.24) is 9.97 Å². The van der Waals surface area contributed by atoms with Crippen molar-refractivity contribution in [3.8, 4) is 17.1 Å². The molecule has 0 N–H and O–H groups in total. The van der Waals surface area contributed by atoms with Crippen molar-refractivity contribution >= 4 is 0 Å². The first-order valence-corrected chi connectivity index (χ1v) is 4.24. The van der Waals surface area contributed by atoms with Crippen LogP contribution in [0.25, 0.3) is 11.3 Å². The van der Waals surface area contributed by atoms with Crippen molar-refractivity contribution < 1.29 is 4.74 Å². The van der Waals surface area contributed by atoms with Crippen LogP contribution in [0.5, 0.6) is 5.88 Å². The molecule has 2 rings (SSSR count). The van der Waals surface area contributed by atoms with Crippen LogP contribution in [0.3, 0.4) is 0 Å². The van der Waals surface area contributed by atoms with E-state index in [0.29, 0.717) is 11.6 Å². The topological polar surface area (TPSA) is 35.0 Å². The lowest BCUT2D eigenvalue weighted by Crippen LogP contribution is -1.91. The number of rotatable bonds is 2. The van der Waals surface area contributed by atoms with Gasteiger partial charge in [-0.3, -0.25) is 0 Å². The fourth-order valence-electron chi connectivity index (χ4n) is 1.14. The van der Waals surface area contributed by atoms with Crippen LogP contribution in [0.1, 0.15) is 0 Å². The molecule has 1 radical (unpaired) electrons. The minimum absolute atomic E-state index is 0.502. The summed E-state index contributed by atoms with van der Waals surface area (Å²) in [7, 11) is 1.57. The second-order valence-electron chi connectivity index (χ2n) is 2.74. The van der Waals surface area contributed by atoms with Crippen molar-refractivity contribution in [2.45, 2.75) is 0 Å². The standard InChI is InChI=1S/C11H9N2O/c1-14-11-8-12-7-10(13-11)9-5-3-2-4-6-9/h2-6,8H,1H3. The predicted octanol–water partition coefficient (Wildman–Crippen LogP) is 1.95. The first-order chi connectivity index (χ1) is 6.90. The summed E-state index contributed by atoms with van der Waals surface area (Å²) in [5, 5.41) is 0. The van der Waals surface area contributed by atoms with E-state index in [2.05, 4.69) is 16.2 Å². The van der Waals surface area contributed by atoms with E-state index < -0.39 is 0 Å². The molecule has 69 valence electrons. The summed E-state index contributed by atoms with van der Waals surface area (Å²) >= 11 is 0. The molecule has 0 unspecified atom stereocenters. The Morgan fingerprint density at radius 2 is 2.00 bits per heavy atom. The minimum atomic E-state index is 0.502. The fourth-order valence-corrected chi connectivity index (χ4v) is 1.14. The first-order valence-electron chi connectivity index (χ1n) is 4.24. The molecule has 0 spiro atoms. The van der Waals surface area contributed by atoms with E-state index in [0.717, 1.165) is 5.56 Å². The van der Waals surface area contributed by atoms with E-state index in [-0.39, 0.29) is 0 Å². The van der Waals surface area contributed by atoms with Crippen LogP contribution >= 0.6 is 0 Å². The quantitative estimate of drug-likeness (QED) is 0.717. The number of methoxy groups -OCH3 is 1. The molecule has 1 aromatic carbocycles. The smallest absolute Gasteiger partial charge is 0.232 e. The number of nitrogens with zero attached hydrogens (tertiary/aromatic N) is 2. The number of benzene rings is 1. The van der Waals surface area contributed by atoms with Gasteiger partial charge in [-0.15, -0.1) is 0 Å². The molecule has 1 heterocycles. The summed E-state index contributed by atoms with van der Waals surface area (Å²) < 4.78 is 4.98. The van der Waals surface area contributed by atoms with Gasteiger partial charge in [0.2, 0.25) is 5.88 Å². The maximum Gasteiger partial charge on any atom is 0.232 e. The Hall–Kier alpha value is -1.90. The third-order valence-electron chi connectivity index (χ3n) is 1.82. The summed E-state index contributed by atoms with van der Waals surface area (Å²) in [4.78, 5) is 8.14. The molecule has 0 atom stereocenters. The second-order valence-corrected chi connectivity index (χ2v) is 2.74. The number of hydrogen-bond acceptors (Lipinski definition) is 3. The summed E-state index contributed by atoms with van der Waals surface area (Å²) in [5.41, 5.74) is 1.68. The molecule has 0 aliphatic carbocycles. The Labute approximate surface area is 82.4 Å². The van der Waals surface area contributed by atoms with Gasteiger partial charge in [0.15, 0.2) is 0 Å². The van der Waals surface area contributed by atoms with E-state index in [1.807, 2.05) is 30.3 Å². The van der Waals surface area contributed by atoms with Crippen molar-refractivity contribution in [2.24, 2.45) is 0 Å². The highest BCUT2D eigenvalue weighted by Gasteiger charge is 2.00. The van der Waals surface area contributed by atoms with Gasteiger partial charge >= 0.3 is 0 Å². The van der Waals surface area contributed by atoms with Gasteiger partial charge in [0, 0.05) is 5.56 Å². The zero-order valence-corrected chi connectivity index (χ0v) is 7.77. The van der Waals surface area contributed by atoms with Crippen molar-refractivity contribution in [3.63, 3.8) is 0 Å². The van der Waals surface area contributed by atoms with Crippen LogP contribution in [-0.4, -0.2) is 17.1 Å². The van der Waals surface area contributed by atoms with Crippen LogP contribution in [0.4, 0.5) is 0 Å². The number of hydrogen-bond donors (Lipinski definition) is 0. The predicted molar refractivity (Wildman–Crippen MR) is 52.9 cm³/mol. The molecule has 3 heteroatoms. The SMILES string of the molecule is COc1cn[c]c(-c2ccccc2)n1. The van der Waals surface area contributed by atoms with E-state index in [4.69, 9.17) is 4.74 Å². The Morgan fingerprint density at radius 3 is 2.71 bits per heavy atom. The molecule has 3 nitrogen and oxygen atoms in total. The molecule has 0 saturated heterocycles. The van der Waals surface area contributed by atoms with Gasteiger partial charge in [-0.2, -0.15) is 0 Å². The largest absolute Gasteiger partial charge is 0.480 e. The van der Waals surface area contributed by atoms with E-state index in [1.54, 1.807) is 7.11 Å². The van der Waals surface area contributed by atoms with E-state index >= 15 is 0 Å². The lowest BCUT2D eigenvalue weighted by Gasteiger charge is -2.01. The molecule has 2 aromatic rings. The highest BCUT2D eigenvalue weighted by molar-refractivity contribution is 5.57. The lowest BCUT2D eigenvalue weighted by molar-refractivity contribution is 0.396. The zero-order chi connectivity index (χ0) is 9.80. The van der Waals surface area contributed by atoms with Crippen molar-refractivity contribution in [3.05, 3.63) is 42.7 Å². The van der Waals surface area contributed by atoms with E-state index in [9.17, 15) is 0 Å². The van der Waals surface area contributed by atoms with Crippen LogP contribution in [0, 0.1) is 6.20 Å². The van der Waals surface area contributed by atoms with Crippen LogP contribution in [-0.2, 0) is 0 Å². The molecule has 0 fully saturated rings. The molecular formula is C11H9N2O. The zero-order valence-electron chi connectivity index (χ0n) is 7.77. The summed E-state index contributed by atoms with van der Waals surface area (Å²) in [6.45, 7) is 0. The Morgan fingerprint density at radius 1 is 1.21 bits per heavy atom. The first kappa shape index (κ1) is 8.69. The monoisotopic (exact) mass is 185 g/mol. The van der Waals surface area contributed by atoms with Crippen LogP contribution in [0.15, 0.2) is 36.5 Å². The van der Waals surface area contributed by atoms with Crippen LogP contribution in [0.2, 0.25) is 0 Å². The summed E-state index contributed by atoms with van der Waals surface area (Å²) in [5.74, 6) is 0.502. The third kappa shape index (κ3) is 1.71. The molecule has 0 amide bonds. The Bertz CT molecular complexity index is 415. The van der Waals surface area contributed by atoms with E-state index in [1.165, 1.54) is 6.20 Å². The second kappa shape index (κ2) is 3.87. The average molecular weight is 185 g/mol. The number of aromatic nitrogens is 2. The minimum Gasteiger partial charge on any atom is -0.480 e. The van der Waals surface area contributed by atoms with Crippen LogP contribution < -0.4 is 4.74 Å². The third-order valence-corrected chi connectivity index (χ3v) is 1.82. The van der Waals surface area contributed by atoms with Gasteiger partial charge in [0.1, 0.15) is 11.9 Å². The normalized spacial score (nSPS) is 9.79. The highest BCUT2D eigenvalue weighted by atomic mass is 16.5. The molecule has 0 aliphatic rings. The van der Waals surface area contributed by atoms with Gasteiger partial charge in [-0.25, -0.2) is 9.97 Å². The lowest BCUT2D eigenvalue weighted by atomic mass is 10.2. The summed E-state index contributed by atoms with van der Waals surface area (Å²) in [6, 6.07) is 9.77. The van der Waals surface area contributed by atoms with Gasteiger partial charge in [-0.1, -0.05) is 30.3 Å². The van der Waals surface area contributed by atoms with Crippen molar-refractivity contribution in [1.29, 1.82) is 0 Å². The summed E-state index contributed by atoms with van der Waals surface area (Å²) in [6.07, 6.45) is 4.35. The average Bonchev–Trinajstić information content (AvgIpc) is 2.30. The Kier molecular flexibility index (Phi) is 2.40. The van der Waals surface area contributed by atoms with Gasteiger partial charge in [0.05, 0.1) is 13.3 Å². The fraction of sp³-hybridized carbons (Fsp3) is 0.0909. The molecular weight excluding hydrogens is 176 g/mol. The van der Waals surface area contributed by atoms with Crippen molar-refractivity contribution in [2.75, 3.05) is 7.11 Å². The molecule has 14 heavy (non-hydrogen) atoms.